The highest BCUT2D eigenvalue weighted by Crippen LogP contribution is 2.43. The molecule has 2 bridgehead atoms. The van der Waals surface area contributed by atoms with Crippen LogP contribution in [0.2, 0.25) is 0 Å². The third kappa shape index (κ3) is 2.12. The van der Waals surface area contributed by atoms with E-state index < -0.39 is 5.54 Å². The van der Waals surface area contributed by atoms with Crippen molar-refractivity contribution in [1.82, 2.24) is 15.5 Å². The van der Waals surface area contributed by atoms with Crippen molar-refractivity contribution in [2.24, 2.45) is 17.8 Å². The maximum Gasteiger partial charge on any atom is 0.322 e. The van der Waals surface area contributed by atoms with Crippen molar-refractivity contribution in [3.05, 3.63) is 0 Å². The topological polar surface area (TPSA) is 61.4 Å². The van der Waals surface area contributed by atoms with Crippen LogP contribution in [0.4, 0.5) is 4.79 Å². The average molecular weight is 279 g/mol. The summed E-state index contributed by atoms with van der Waals surface area (Å²) >= 11 is 0. The van der Waals surface area contributed by atoms with Crippen LogP contribution in [-0.4, -0.2) is 42.0 Å². The third-order valence-corrected chi connectivity index (χ3v) is 5.15. The minimum Gasteiger partial charge on any atom is -0.323 e. The lowest BCUT2D eigenvalue weighted by Crippen LogP contribution is -2.66. The second-order valence-electron chi connectivity index (χ2n) is 7.07. The van der Waals surface area contributed by atoms with Gasteiger partial charge in [0, 0.05) is 31.5 Å². The summed E-state index contributed by atoms with van der Waals surface area (Å²) in [7, 11) is 0. The summed E-state index contributed by atoms with van der Waals surface area (Å²) in [5, 5.41) is 5.49. The molecule has 1 aliphatic carbocycles. The summed E-state index contributed by atoms with van der Waals surface area (Å²) in [4.78, 5) is 26.6. The van der Waals surface area contributed by atoms with Gasteiger partial charge in [-0.15, -0.1) is 0 Å². The maximum atomic E-state index is 12.4. The Morgan fingerprint density at radius 2 is 1.80 bits per heavy atom. The number of carbonyl (C=O) groups excluding carboxylic acids is 2. The van der Waals surface area contributed by atoms with Crippen molar-refractivity contribution in [3.63, 3.8) is 0 Å². The molecule has 3 rings (SSSR count). The Morgan fingerprint density at radius 1 is 1.20 bits per heavy atom. The van der Waals surface area contributed by atoms with Crippen LogP contribution >= 0.6 is 0 Å². The number of nitrogens with one attached hydrogen (secondary N) is 2. The number of nitrogens with zero attached hydrogens (tertiary/aromatic N) is 1. The third-order valence-electron chi connectivity index (χ3n) is 5.15. The molecule has 2 aliphatic heterocycles. The van der Waals surface area contributed by atoms with Gasteiger partial charge < -0.3 is 10.2 Å². The van der Waals surface area contributed by atoms with Crippen LogP contribution in [0.15, 0.2) is 0 Å². The zero-order chi connectivity index (χ0) is 14.3. The monoisotopic (exact) mass is 279 g/mol. The standard InChI is InChI=1S/C15H25N3O2/c1-10(2)7-18-8-11-5-3-4-6-12(9-18)15(11)13(19)16-14(20)17-15/h10-12H,3-9H2,1-2H3,(H2,16,17,19,20)/t11-,12-/m1/s1. The van der Waals surface area contributed by atoms with Crippen molar-refractivity contribution in [2.45, 2.75) is 45.1 Å². The van der Waals surface area contributed by atoms with E-state index in [1.807, 2.05) is 0 Å². The number of urea groups is 1. The van der Waals surface area contributed by atoms with Gasteiger partial charge in [0.05, 0.1) is 0 Å². The lowest BCUT2D eigenvalue weighted by molar-refractivity contribution is -0.131. The van der Waals surface area contributed by atoms with Gasteiger partial charge in [0.15, 0.2) is 0 Å². The van der Waals surface area contributed by atoms with Crippen LogP contribution in [0.3, 0.4) is 0 Å². The number of likely N-dealkylation sites (tertiary alicyclic amines) is 1. The molecule has 20 heavy (non-hydrogen) atoms. The molecule has 2 saturated heterocycles. The van der Waals surface area contributed by atoms with Gasteiger partial charge in [0.2, 0.25) is 0 Å². The maximum absolute atomic E-state index is 12.4. The molecule has 112 valence electrons. The van der Waals surface area contributed by atoms with Gasteiger partial charge in [-0.3, -0.25) is 10.1 Å². The first kappa shape index (κ1) is 13.9. The van der Waals surface area contributed by atoms with E-state index in [1.165, 1.54) is 12.8 Å². The second kappa shape index (κ2) is 5.02. The fourth-order valence-corrected chi connectivity index (χ4v) is 4.46. The van der Waals surface area contributed by atoms with E-state index in [-0.39, 0.29) is 23.8 Å². The summed E-state index contributed by atoms with van der Waals surface area (Å²) in [5.74, 6) is 1.07. The number of carbonyl (C=O) groups is 2. The van der Waals surface area contributed by atoms with Crippen LogP contribution in [0.1, 0.15) is 39.5 Å². The summed E-state index contributed by atoms with van der Waals surface area (Å²) < 4.78 is 0. The largest absolute Gasteiger partial charge is 0.323 e. The fraction of sp³-hybridized carbons (Fsp3) is 0.867. The second-order valence-corrected chi connectivity index (χ2v) is 7.07. The van der Waals surface area contributed by atoms with E-state index >= 15 is 0 Å². The van der Waals surface area contributed by atoms with E-state index in [1.54, 1.807) is 0 Å². The summed E-state index contributed by atoms with van der Waals surface area (Å²) in [5.41, 5.74) is -0.624. The molecule has 2 N–H and O–H groups in total. The van der Waals surface area contributed by atoms with E-state index in [9.17, 15) is 9.59 Å². The van der Waals surface area contributed by atoms with Crippen molar-refractivity contribution >= 4 is 11.9 Å². The fourth-order valence-electron chi connectivity index (χ4n) is 4.46. The SMILES string of the molecule is CC(C)CN1C[C@H]2CCCC[C@H](C1)C21NC(=O)NC1=O. The van der Waals surface area contributed by atoms with Crippen LogP contribution < -0.4 is 10.6 Å². The van der Waals surface area contributed by atoms with Gasteiger partial charge in [0.25, 0.3) is 5.91 Å². The zero-order valence-corrected chi connectivity index (χ0v) is 12.4. The molecule has 5 nitrogen and oxygen atoms in total. The minimum absolute atomic E-state index is 0.0800. The normalized spacial score (nSPS) is 38.0. The highest BCUT2D eigenvalue weighted by molar-refractivity contribution is 6.07. The Hall–Kier alpha value is -1.10. The Kier molecular flexibility index (Phi) is 3.48. The molecule has 0 radical (unpaired) electrons. The average Bonchev–Trinajstić information content (AvgIpc) is 2.61. The Morgan fingerprint density at radius 3 is 2.25 bits per heavy atom. The first-order valence-corrected chi connectivity index (χ1v) is 7.88. The number of rotatable bonds is 2. The molecular formula is C15H25N3O2. The number of imide groups is 1. The van der Waals surface area contributed by atoms with Crippen molar-refractivity contribution in [1.29, 1.82) is 0 Å². The Balaban J connectivity index is 1.89. The van der Waals surface area contributed by atoms with Gasteiger partial charge in [0.1, 0.15) is 5.54 Å². The quantitative estimate of drug-likeness (QED) is 0.750. The van der Waals surface area contributed by atoms with Crippen molar-refractivity contribution in [3.8, 4) is 0 Å². The van der Waals surface area contributed by atoms with E-state index in [2.05, 4.69) is 29.4 Å². The predicted molar refractivity (Wildman–Crippen MR) is 76.1 cm³/mol. The molecule has 1 spiro atoms. The van der Waals surface area contributed by atoms with Crippen molar-refractivity contribution < 1.29 is 9.59 Å². The molecule has 1 saturated carbocycles. The van der Waals surface area contributed by atoms with Gasteiger partial charge >= 0.3 is 6.03 Å². The van der Waals surface area contributed by atoms with E-state index in [0.29, 0.717) is 5.92 Å². The molecule has 5 heteroatoms. The molecule has 0 aromatic heterocycles. The molecule has 0 aromatic carbocycles. The Labute approximate surface area is 120 Å². The molecule has 2 heterocycles. The highest BCUT2D eigenvalue weighted by atomic mass is 16.2. The van der Waals surface area contributed by atoms with Gasteiger partial charge in [-0.2, -0.15) is 0 Å². The lowest BCUT2D eigenvalue weighted by atomic mass is 9.69. The van der Waals surface area contributed by atoms with Gasteiger partial charge in [-0.05, 0) is 18.8 Å². The van der Waals surface area contributed by atoms with Crippen LogP contribution in [0, 0.1) is 17.8 Å². The summed E-state index contributed by atoms with van der Waals surface area (Å²) in [6.07, 6.45) is 4.42. The highest BCUT2D eigenvalue weighted by Gasteiger charge is 2.59. The molecule has 3 fully saturated rings. The summed E-state index contributed by atoms with van der Waals surface area (Å²) in [6.45, 7) is 7.42. The number of piperidine rings is 1. The van der Waals surface area contributed by atoms with Crippen LogP contribution in [-0.2, 0) is 4.79 Å². The molecule has 3 amide bonds. The van der Waals surface area contributed by atoms with E-state index in [4.69, 9.17) is 0 Å². The smallest absolute Gasteiger partial charge is 0.322 e. The van der Waals surface area contributed by atoms with Gasteiger partial charge in [-0.25, -0.2) is 4.79 Å². The van der Waals surface area contributed by atoms with Crippen LogP contribution in [0.5, 0.6) is 0 Å². The van der Waals surface area contributed by atoms with Gasteiger partial charge in [-0.1, -0.05) is 26.7 Å². The number of hydrogen-bond donors (Lipinski definition) is 2. The Bertz CT molecular complexity index is 405. The zero-order valence-electron chi connectivity index (χ0n) is 12.4. The predicted octanol–water partition coefficient (Wildman–Crippen LogP) is 1.34. The molecule has 3 aliphatic rings. The summed E-state index contributed by atoms with van der Waals surface area (Å²) in [6, 6.07) is -0.302. The molecule has 0 unspecified atom stereocenters. The number of amides is 3. The molecular weight excluding hydrogens is 254 g/mol. The molecule has 0 aromatic rings. The first-order chi connectivity index (χ1) is 9.52. The molecule has 2 atom stereocenters. The first-order valence-electron chi connectivity index (χ1n) is 7.88. The van der Waals surface area contributed by atoms with Crippen molar-refractivity contribution in [2.75, 3.05) is 19.6 Å². The number of hydrogen-bond acceptors (Lipinski definition) is 3. The van der Waals surface area contributed by atoms with E-state index in [0.717, 1.165) is 32.5 Å². The van der Waals surface area contributed by atoms with Crippen LogP contribution in [0.25, 0.3) is 0 Å². The lowest BCUT2D eigenvalue weighted by Gasteiger charge is -2.48. The minimum atomic E-state index is -0.624.